The molecule has 5 heteroatoms. The molecule has 1 aliphatic rings. The second kappa shape index (κ2) is 7.11. The predicted octanol–water partition coefficient (Wildman–Crippen LogP) is 3.10. The van der Waals surface area contributed by atoms with E-state index >= 15 is 0 Å². The molecule has 0 unspecified atom stereocenters. The summed E-state index contributed by atoms with van der Waals surface area (Å²) >= 11 is 1.69. The van der Waals surface area contributed by atoms with Crippen LogP contribution < -0.4 is 5.32 Å². The maximum Gasteiger partial charge on any atom is 0.268 e. The highest BCUT2D eigenvalue weighted by Crippen LogP contribution is 2.25. The van der Waals surface area contributed by atoms with E-state index in [1.54, 1.807) is 11.3 Å². The molecule has 1 amide bonds. The largest absolute Gasteiger partial charge is 0.349 e. The second-order valence-corrected chi connectivity index (χ2v) is 6.59. The Hall–Kier alpha value is -1.59. The van der Waals surface area contributed by atoms with Crippen molar-refractivity contribution in [3.63, 3.8) is 0 Å². The van der Waals surface area contributed by atoms with Crippen molar-refractivity contribution in [3.05, 3.63) is 35.4 Å². The van der Waals surface area contributed by atoms with Crippen molar-refractivity contribution < 1.29 is 4.79 Å². The van der Waals surface area contributed by atoms with Gasteiger partial charge in [0.25, 0.3) is 5.91 Å². The summed E-state index contributed by atoms with van der Waals surface area (Å²) in [5, 5.41) is 6.30. The molecule has 3 heterocycles. The fourth-order valence-electron chi connectivity index (χ4n) is 2.98. The molecule has 0 bridgehead atoms. The molecule has 118 valence electrons. The van der Waals surface area contributed by atoms with Crippen molar-refractivity contribution in [2.45, 2.75) is 26.3 Å². The van der Waals surface area contributed by atoms with Gasteiger partial charge >= 0.3 is 0 Å². The third kappa shape index (κ3) is 3.25. The summed E-state index contributed by atoms with van der Waals surface area (Å²) in [7, 11) is 0. The first-order valence-corrected chi connectivity index (χ1v) is 8.86. The molecule has 4 nitrogen and oxygen atoms in total. The lowest BCUT2D eigenvalue weighted by Gasteiger charge is -2.15. The van der Waals surface area contributed by atoms with Crippen molar-refractivity contribution in [1.82, 2.24) is 14.8 Å². The molecule has 1 saturated heterocycles. The number of nitrogens with one attached hydrogen (secondary N) is 1. The van der Waals surface area contributed by atoms with E-state index in [4.69, 9.17) is 0 Å². The average molecular weight is 317 g/mol. The number of nitrogens with zero attached hydrogens (tertiary/aromatic N) is 2. The zero-order chi connectivity index (χ0) is 15.4. The van der Waals surface area contributed by atoms with Gasteiger partial charge in [0.05, 0.1) is 0 Å². The summed E-state index contributed by atoms with van der Waals surface area (Å²) in [6.07, 6.45) is 6.68. The molecule has 0 radical (unpaired) electrons. The number of aromatic nitrogens is 1. The molecule has 22 heavy (non-hydrogen) atoms. The van der Waals surface area contributed by atoms with Gasteiger partial charge in [-0.05, 0) is 50.4 Å². The van der Waals surface area contributed by atoms with E-state index in [1.807, 2.05) is 19.1 Å². The van der Waals surface area contributed by atoms with Gasteiger partial charge < -0.3 is 14.8 Å². The summed E-state index contributed by atoms with van der Waals surface area (Å²) < 4.78 is 2.10. The Bertz CT molecular complexity index is 665. The SMILES string of the molecule is C/C=C\Cn1c(C(=O)NCCN2CCCC2)cc2ccsc21. The Balaban J connectivity index is 1.67. The number of likely N-dealkylation sites (tertiary alicyclic amines) is 1. The van der Waals surface area contributed by atoms with Gasteiger partial charge in [0, 0.05) is 25.0 Å². The third-order valence-electron chi connectivity index (χ3n) is 4.17. The Morgan fingerprint density at radius 1 is 1.41 bits per heavy atom. The highest BCUT2D eigenvalue weighted by Gasteiger charge is 2.16. The lowest BCUT2D eigenvalue weighted by atomic mass is 10.3. The van der Waals surface area contributed by atoms with Gasteiger partial charge in [-0.3, -0.25) is 4.79 Å². The molecule has 2 aromatic rings. The summed E-state index contributed by atoms with van der Waals surface area (Å²) in [5.74, 6) is 0.0344. The number of allylic oxidation sites excluding steroid dienone is 2. The molecule has 2 aromatic heterocycles. The van der Waals surface area contributed by atoms with Gasteiger partial charge in [-0.2, -0.15) is 0 Å². The summed E-state index contributed by atoms with van der Waals surface area (Å²) in [5.41, 5.74) is 0.765. The zero-order valence-electron chi connectivity index (χ0n) is 13.0. The maximum absolute atomic E-state index is 12.5. The number of carbonyl (C=O) groups is 1. The molecular formula is C17H23N3OS. The van der Waals surface area contributed by atoms with Crippen molar-refractivity contribution in [2.75, 3.05) is 26.2 Å². The Morgan fingerprint density at radius 3 is 3.00 bits per heavy atom. The first-order valence-electron chi connectivity index (χ1n) is 7.98. The van der Waals surface area contributed by atoms with Crippen molar-refractivity contribution >= 4 is 27.5 Å². The number of carbonyl (C=O) groups excluding carboxylic acids is 1. The van der Waals surface area contributed by atoms with Crippen LogP contribution in [0.5, 0.6) is 0 Å². The molecule has 0 atom stereocenters. The Morgan fingerprint density at radius 2 is 2.23 bits per heavy atom. The van der Waals surface area contributed by atoms with Crippen LogP contribution in [0.25, 0.3) is 10.2 Å². The van der Waals surface area contributed by atoms with Crippen molar-refractivity contribution in [3.8, 4) is 0 Å². The van der Waals surface area contributed by atoms with E-state index in [0.29, 0.717) is 0 Å². The molecule has 0 aromatic carbocycles. The van der Waals surface area contributed by atoms with Crippen LogP contribution in [0.3, 0.4) is 0 Å². The Labute approximate surface area is 135 Å². The second-order valence-electron chi connectivity index (χ2n) is 5.69. The monoisotopic (exact) mass is 317 g/mol. The van der Waals surface area contributed by atoms with E-state index in [2.05, 4.69) is 32.3 Å². The lowest BCUT2D eigenvalue weighted by molar-refractivity contribution is 0.0941. The van der Waals surface area contributed by atoms with Gasteiger partial charge in [-0.25, -0.2) is 0 Å². The van der Waals surface area contributed by atoms with Crippen LogP contribution in [0, 0.1) is 0 Å². The number of hydrogen-bond acceptors (Lipinski definition) is 3. The fraction of sp³-hybridized carbons (Fsp3) is 0.471. The highest BCUT2D eigenvalue weighted by atomic mass is 32.1. The van der Waals surface area contributed by atoms with Crippen LogP contribution in [0.2, 0.25) is 0 Å². The summed E-state index contributed by atoms with van der Waals surface area (Å²) in [6, 6.07) is 4.08. The van der Waals surface area contributed by atoms with Crippen molar-refractivity contribution in [1.29, 1.82) is 0 Å². The number of fused-ring (bicyclic) bond motifs is 1. The molecule has 3 rings (SSSR count). The molecule has 0 aliphatic carbocycles. The standard InChI is InChI=1S/C17H23N3OS/c1-2-3-10-20-15(13-14-6-12-22-17(14)20)16(21)18-7-11-19-8-4-5-9-19/h2-3,6,12-13H,4-5,7-11H2,1H3,(H,18,21)/b3-2-. The molecule has 1 fully saturated rings. The minimum Gasteiger partial charge on any atom is -0.349 e. The highest BCUT2D eigenvalue weighted by molar-refractivity contribution is 7.16. The first kappa shape index (κ1) is 15.3. The van der Waals surface area contributed by atoms with Crippen LogP contribution in [0.15, 0.2) is 29.7 Å². The molecule has 1 N–H and O–H groups in total. The minimum atomic E-state index is 0.0344. The number of hydrogen-bond donors (Lipinski definition) is 1. The lowest BCUT2D eigenvalue weighted by Crippen LogP contribution is -2.34. The van der Waals surface area contributed by atoms with Crippen LogP contribution in [-0.2, 0) is 6.54 Å². The average Bonchev–Trinajstić information content (AvgIpc) is 3.22. The van der Waals surface area contributed by atoms with E-state index in [1.165, 1.54) is 30.8 Å². The molecule has 0 saturated carbocycles. The first-order chi connectivity index (χ1) is 10.8. The predicted molar refractivity (Wildman–Crippen MR) is 92.6 cm³/mol. The van der Waals surface area contributed by atoms with Gasteiger partial charge in [0.1, 0.15) is 10.5 Å². The summed E-state index contributed by atoms with van der Waals surface area (Å²) in [4.78, 5) is 16.1. The van der Waals surface area contributed by atoms with Crippen LogP contribution in [0.4, 0.5) is 0 Å². The van der Waals surface area contributed by atoms with Gasteiger partial charge in [0.15, 0.2) is 0 Å². The minimum absolute atomic E-state index is 0.0344. The van der Waals surface area contributed by atoms with E-state index in [9.17, 15) is 4.79 Å². The zero-order valence-corrected chi connectivity index (χ0v) is 13.9. The van der Waals surface area contributed by atoms with Crippen LogP contribution in [-0.4, -0.2) is 41.6 Å². The van der Waals surface area contributed by atoms with Gasteiger partial charge in [-0.15, -0.1) is 11.3 Å². The van der Waals surface area contributed by atoms with Crippen LogP contribution in [0.1, 0.15) is 30.3 Å². The van der Waals surface area contributed by atoms with Gasteiger partial charge in [-0.1, -0.05) is 12.2 Å². The quantitative estimate of drug-likeness (QED) is 0.831. The van der Waals surface area contributed by atoms with E-state index in [0.717, 1.165) is 30.7 Å². The molecule has 1 aliphatic heterocycles. The molecule has 0 spiro atoms. The maximum atomic E-state index is 12.5. The number of rotatable bonds is 6. The van der Waals surface area contributed by atoms with Gasteiger partial charge in [0.2, 0.25) is 0 Å². The topological polar surface area (TPSA) is 37.3 Å². The number of thiophene rings is 1. The fourth-order valence-corrected chi connectivity index (χ4v) is 3.89. The number of amides is 1. The summed E-state index contributed by atoms with van der Waals surface area (Å²) in [6.45, 7) is 6.77. The van der Waals surface area contributed by atoms with Crippen LogP contribution >= 0.6 is 11.3 Å². The Kier molecular flexibility index (Phi) is 4.95. The normalized spacial score (nSPS) is 16.0. The van der Waals surface area contributed by atoms with E-state index in [-0.39, 0.29) is 5.91 Å². The smallest absolute Gasteiger partial charge is 0.268 e. The van der Waals surface area contributed by atoms with Crippen molar-refractivity contribution in [2.24, 2.45) is 0 Å². The van der Waals surface area contributed by atoms with E-state index < -0.39 is 0 Å². The molecular weight excluding hydrogens is 294 g/mol. The third-order valence-corrected chi connectivity index (χ3v) is 5.12.